The molecule has 3 rings (SSSR count). The van der Waals surface area contributed by atoms with E-state index in [2.05, 4.69) is 4.99 Å². The number of nitrogens with zero attached hydrogens (tertiary/aromatic N) is 1. The van der Waals surface area contributed by atoms with Gasteiger partial charge in [0, 0.05) is 34.6 Å². The first-order chi connectivity index (χ1) is 11.2. The van der Waals surface area contributed by atoms with Crippen LogP contribution in [0.25, 0.3) is 0 Å². The molecule has 0 saturated heterocycles. The van der Waals surface area contributed by atoms with Crippen molar-refractivity contribution in [3.8, 4) is 0 Å². The molecule has 1 heterocycles. The molecule has 5 heteroatoms. The zero-order valence-corrected chi connectivity index (χ0v) is 14.0. The van der Waals surface area contributed by atoms with Gasteiger partial charge in [-0.1, -0.05) is 30.3 Å². The van der Waals surface area contributed by atoms with Crippen molar-refractivity contribution in [2.24, 2.45) is 4.99 Å². The highest BCUT2D eigenvalue weighted by atomic mass is 32.2. The summed E-state index contributed by atoms with van der Waals surface area (Å²) in [5, 5.41) is 0. The van der Waals surface area contributed by atoms with Crippen molar-refractivity contribution >= 4 is 16.7 Å². The van der Waals surface area contributed by atoms with Crippen LogP contribution in [0.3, 0.4) is 0 Å². The van der Waals surface area contributed by atoms with Crippen LogP contribution in [-0.4, -0.2) is 36.1 Å². The smallest absolute Gasteiger partial charge is 0.217 e. The van der Waals surface area contributed by atoms with Crippen molar-refractivity contribution in [1.29, 1.82) is 0 Å². The summed E-state index contributed by atoms with van der Waals surface area (Å²) in [6, 6.07) is 17.4. The van der Waals surface area contributed by atoms with Crippen LogP contribution in [-0.2, 0) is 20.3 Å². The fourth-order valence-electron chi connectivity index (χ4n) is 2.61. The second-order valence-corrected chi connectivity index (χ2v) is 6.76. The first kappa shape index (κ1) is 15.9. The highest BCUT2D eigenvalue weighted by molar-refractivity contribution is 7.84. The molecular formula is C18H19NO3S. The maximum absolute atomic E-state index is 11.5. The lowest BCUT2D eigenvalue weighted by atomic mass is 10.0. The molecule has 2 aromatic carbocycles. The van der Waals surface area contributed by atoms with Gasteiger partial charge in [-0.25, -0.2) is 4.99 Å². The van der Waals surface area contributed by atoms with E-state index in [0.717, 1.165) is 16.0 Å². The number of hydrogen-bond acceptors (Lipinski definition) is 4. The topological polar surface area (TPSA) is 47.9 Å². The van der Waals surface area contributed by atoms with Crippen LogP contribution in [0.2, 0.25) is 0 Å². The van der Waals surface area contributed by atoms with Gasteiger partial charge in [0.05, 0.1) is 6.61 Å². The largest absolute Gasteiger partial charge is 0.467 e. The van der Waals surface area contributed by atoms with E-state index in [1.807, 2.05) is 54.6 Å². The van der Waals surface area contributed by atoms with E-state index in [-0.39, 0.29) is 12.1 Å². The summed E-state index contributed by atoms with van der Waals surface area (Å²) in [7, 11) is 0.681. The van der Waals surface area contributed by atoms with Crippen LogP contribution in [0.15, 0.2) is 64.5 Å². The Morgan fingerprint density at radius 2 is 1.83 bits per heavy atom. The third kappa shape index (κ3) is 3.51. The average molecular weight is 329 g/mol. The van der Waals surface area contributed by atoms with Crippen LogP contribution in [0.1, 0.15) is 17.2 Å². The van der Waals surface area contributed by atoms with Crippen molar-refractivity contribution in [3.63, 3.8) is 0 Å². The minimum Gasteiger partial charge on any atom is -0.467 e. The Hall–Kier alpha value is -1.98. The van der Waals surface area contributed by atoms with Crippen molar-refractivity contribution in [2.75, 3.05) is 20.0 Å². The summed E-state index contributed by atoms with van der Waals surface area (Å²) in [6.45, 7) is 0.489. The quantitative estimate of drug-likeness (QED) is 0.847. The third-order valence-electron chi connectivity index (χ3n) is 3.77. The molecule has 1 aliphatic heterocycles. The molecule has 1 unspecified atom stereocenters. The molecule has 4 nitrogen and oxygen atoms in total. The fourth-order valence-corrected chi connectivity index (χ4v) is 3.12. The van der Waals surface area contributed by atoms with Crippen molar-refractivity contribution in [1.82, 2.24) is 0 Å². The first-order valence-corrected chi connectivity index (χ1v) is 8.97. The summed E-state index contributed by atoms with van der Waals surface area (Å²) < 4.78 is 22.9. The molecule has 3 atom stereocenters. The number of benzene rings is 2. The van der Waals surface area contributed by atoms with Crippen LogP contribution in [0, 0.1) is 0 Å². The van der Waals surface area contributed by atoms with Crippen LogP contribution < -0.4 is 0 Å². The highest BCUT2D eigenvalue weighted by Gasteiger charge is 2.32. The van der Waals surface area contributed by atoms with Gasteiger partial charge in [-0.2, -0.15) is 0 Å². The minimum atomic E-state index is -0.982. The maximum Gasteiger partial charge on any atom is 0.217 e. The number of aliphatic imine (C=N–C) groups is 1. The van der Waals surface area contributed by atoms with Crippen LogP contribution in [0.5, 0.6) is 0 Å². The molecule has 0 N–H and O–H groups in total. The van der Waals surface area contributed by atoms with Gasteiger partial charge in [-0.15, -0.1) is 0 Å². The minimum absolute atomic E-state index is 0.0896. The van der Waals surface area contributed by atoms with Gasteiger partial charge >= 0.3 is 0 Å². The molecule has 0 fully saturated rings. The maximum atomic E-state index is 11.5. The van der Waals surface area contributed by atoms with Gasteiger partial charge < -0.3 is 9.47 Å². The second kappa shape index (κ2) is 7.06. The van der Waals surface area contributed by atoms with Gasteiger partial charge in [0.25, 0.3) is 0 Å². The summed E-state index contributed by atoms with van der Waals surface area (Å²) in [6.07, 6.45) is 1.48. The predicted octanol–water partition coefficient (Wildman–Crippen LogP) is 2.96. The van der Waals surface area contributed by atoms with E-state index < -0.39 is 10.8 Å². The van der Waals surface area contributed by atoms with Gasteiger partial charge in [0.2, 0.25) is 5.90 Å². The van der Waals surface area contributed by atoms with Crippen molar-refractivity contribution < 1.29 is 13.7 Å². The molecule has 0 aliphatic carbocycles. The fraction of sp³-hybridized carbons (Fsp3) is 0.278. The molecule has 0 saturated carbocycles. The third-order valence-corrected chi connectivity index (χ3v) is 4.71. The number of methoxy groups -OCH3 is 1. The molecular weight excluding hydrogens is 310 g/mol. The monoisotopic (exact) mass is 329 g/mol. The zero-order valence-electron chi connectivity index (χ0n) is 13.1. The summed E-state index contributed by atoms with van der Waals surface area (Å²) in [5.74, 6) is 0.640. The molecule has 23 heavy (non-hydrogen) atoms. The molecule has 2 aromatic rings. The molecule has 0 amide bonds. The van der Waals surface area contributed by atoms with Crippen molar-refractivity contribution in [3.05, 3.63) is 65.7 Å². The number of ether oxygens (including phenoxy) is 2. The lowest BCUT2D eigenvalue weighted by Gasteiger charge is -2.17. The molecule has 120 valence electrons. The molecule has 0 radical (unpaired) electrons. The zero-order chi connectivity index (χ0) is 16.2. The number of hydrogen-bond donors (Lipinski definition) is 0. The Morgan fingerprint density at radius 3 is 2.43 bits per heavy atom. The molecule has 1 aliphatic rings. The van der Waals surface area contributed by atoms with E-state index in [1.54, 1.807) is 13.4 Å². The summed E-state index contributed by atoms with van der Waals surface area (Å²) in [4.78, 5) is 5.48. The van der Waals surface area contributed by atoms with Gasteiger partial charge in [0.1, 0.15) is 6.04 Å². The van der Waals surface area contributed by atoms with Crippen LogP contribution >= 0.6 is 0 Å². The van der Waals surface area contributed by atoms with Gasteiger partial charge in [-0.05, 0) is 29.8 Å². The van der Waals surface area contributed by atoms with E-state index in [1.165, 1.54) is 0 Å². The SMILES string of the molecule is COC[C@@H]1N=C(c2ccccc2)O[C@H]1c1ccc(S(C)=O)cc1. The Kier molecular flexibility index (Phi) is 4.88. The second-order valence-electron chi connectivity index (χ2n) is 5.38. The normalized spacial score (nSPS) is 21.6. The predicted molar refractivity (Wildman–Crippen MR) is 91.2 cm³/mol. The van der Waals surface area contributed by atoms with E-state index >= 15 is 0 Å². The van der Waals surface area contributed by atoms with E-state index in [4.69, 9.17) is 9.47 Å². The summed E-state index contributed by atoms with van der Waals surface area (Å²) in [5.41, 5.74) is 1.97. The van der Waals surface area contributed by atoms with Crippen molar-refractivity contribution in [2.45, 2.75) is 17.0 Å². The lowest BCUT2D eigenvalue weighted by Crippen LogP contribution is -2.19. The Labute approximate surface area is 138 Å². The molecule has 0 bridgehead atoms. The van der Waals surface area contributed by atoms with Crippen LogP contribution in [0.4, 0.5) is 0 Å². The first-order valence-electron chi connectivity index (χ1n) is 7.41. The summed E-state index contributed by atoms with van der Waals surface area (Å²) >= 11 is 0. The van der Waals surface area contributed by atoms with Gasteiger partial charge in [0.15, 0.2) is 6.10 Å². The standard InChI is InChI=1S/C18H19NO3S/c1-21-12-16-17(13-8-10-15(11-9-13)23(2)20)22-18(19-16)14-6-4-3-5-7-14/h3-11,16-17H,12H2,1-2H3/t16-,17-,23?/m0/s1. The Morgan fingerprint density at radius 1 is 1.13 bits per heavy atom. The lowest BCUT2D eigenvalue weighted by molar-refractivity contribution is 0.120. The molecule has 0 aromatic heterocycles. The number of rotatable bonds is 5. The Bertz CT molecular complexity index is 713. The van der Waals surface area contributed by atoms with E-state index in [9.17, 15) is 4.21 Å². The molecule has 0 spiro atoms. The average Bonchev–Trinajstić information content (AvgIpc) is 3.00. The van der Waals surface area contributed by atoms with Gasteiger partial charge in [-0.3, -0.25) is 4.21 Å². The highest BCUT2D eigenvalue weighted by Crippen LogP contribution is 2.31. The Balaban J connectivity index is 1.86. The van der Waals surface area contributed by atoms with E-state index in [0.29, 0.717) is 12.5 Å².